The van der Waals surface area contributed by atoms with Gasteiger partial charge >= 0.3 is 5.97 Å². The van der Waals surface area contributed by atoms with Gasteiger partial charge in [-0.3, -0.25) is 9.59 Å². The Morgan fingerprint density at radius 1 is 1.00 bits per heavy atom. The number of carbonyl (C=O) groups excluding carboxylic acids is 3. The molecule has 0 atom stereocenters. The SMILES string of the molecule is NC(=O)CCN(C(=O)COC(=O)c1sccc1-c1ccccc1)c1ccc(F)cc1. The fourth-order valence-electron chi connectivity index (χ4n) is 2.82. The van der Waals surface area contributed by atoms with E-state index < -0.39 is 30.2 Å². The predicted octanol–water partition coefficient (Wildman–Crippen LogP) is 3.62. The van der Waals surface area contributed by atoms with Gasteiger partial charge in [0.25, 0.3) is 5.91 Å². The third kappa shape index (κ3) is 5.30. The highest BCUT2D eigenvalue weighted by atomic mass is 32.1. The molecule has 0 aliphatic carbocycles. The van der Waals surface area contributed by atoms with Crippen LogP contribution in [0.2, 0.25) is 0 Å². The second kappa shape index (κ2) is 9.80. The highest BCUT2D eigenvalue weighted by Crippen LogP contribution is 2.28. The van der Waals surface area contributed by atoms with Crippen LogP contribution in [0.15, 0.2) is 66.0 Å². The molecule has 0 bridgehead atoms. The van der Waals surface area contributed by atoms with Crippen molar-refractivity contribution in [3.05, 3.63) is 76.7 Å². The largest absolute Gasteiger partial charge is 0.451 e. The molecule has 30 heavy (non-hydrogen) atoms. The van der Waals surface area contributed by atoms with Gasteiger partial charge in [-0.1, -0.05) is 30.3 Å². The van der Waals surface area contributed by atoms with Crippen LogP contribution in [0.25, 0.3) is 11.1 Å². The lowest BCUT2D eigenvalue weighted by Gasteiger charge is -2.22. The smallest absolute Gasteiger partial charge is 0.349 e. The summed E-state index contributed by atoms with van der Waals surface area (Å²) in [6.07, 6.45) is -0.0832. The first-order valence-electron chi connectivity index (χ1n) is 9.10. The molecule has 0 saturated carbocycles. The third-order valence-corrected chi connectivity index (χ3v) is 5.18. The van der Waals surface area contributed by atoms with Crippen LogP contribution < -0.4 is 10.6 Å². The van der Waals surface area contributed by atoms with Gasteiger partial charge < -0.3 is 15.4 Å². The lowest BCUT2D eigenvalue weighted by molar-refractivity contribution is -0.121. The highest BCUT2D eigenvalue weighted by molar-refractivity contribution is 7.12. The molecule has 6 nitrogen and oxygen atoms in total. The second-order valence-corrected chi connectivity index (χ2v) is 7.26. The molecule has 3 aromatic rings. The summed E-state index contributed by atoms with van der Waals surface area (Å²) in [6.45, 7) is -0.535. The summed E-state index contributed by atoms with van der Waals surface area (Å²) >= 11 is 1.22. The lowest BCUT2D eigenvalue weighted by Crippen LogP contribution is -2.37. The molecule has 0 radical (unpaired) electrons. The molecule has 2 aromatic carbocycles. The van der Waals surface area contributed by atoms with Crippen molar-refractivity contribution < 1.29 is 23.5 Å². The van der Waals surface area contributed by atoms with Crippen molar-refractivity contribution in [3.8, 4) is 11.1 Å². The Labute approximate surface area is 176 Å². The first-order chi connectivity index (χ1) is 14.5. The minimum absolute atomic E-state index is 0.00832. The molecule has 2 N–H and O–H groups in total. The first kappa shape index (κ1) is 21.2. The van der Waals surface area contributed by atoms with Crippen molar-refractivity contribution in [1.29, 1.82) is 0 Å². The van der Waals surface area contributed by atoms with E-state index in [1.54, 1.807) is 5.38 Å². The number of thiophene rings is 1. The molecule has 1 heterocycles. The molecule has 0 aliphatic heterocycles. The molecular weight excluding hydrogens is 407 g/mol. The minimum Gasteiger partial charge on any atom is -0.451 e. The molecule has 1 aromatic heterocycles. The standard InChI is InChI=1S/C22H19FN2O4S/c23-16-6-8-17(9-7-16)25(12-10-19(24)26)20(27)14-29-22(28)21-18(11-13-30-21)15-4-2-1-3-5-15/h1-9,11,13H,10,12,14H2,(H2,24,26). The number of amides is 2. The molecule has 8 heteroatoms. The molecule has 0 saturated heterocycles. The first-order valence-corrected chi connectivity index (χ1v) is 9.98. The van der Waals surface area contributed by atoms with E-state index >= 15 is 0 Å². The van der Waals surface area contributed by atoms with Crippen LogP contribution in [0.5, 0.6) is 0 Å². The van der Waals surface area contributed by atoms with E-state index in [2.05, 4.69) is 0 Å². The van der Waals surface area contributed by atoms with E-state index in [9.17, 15) is 18.8 Å². The van der Waals surface area contributed by atoms with Gasteiger partial charge in [-0.2, -0.15) is 0 Å². The van der Waals surface area contributed by atoms with Gasteiger partial charge in [0.05, 0.1) is 0 Å². The van der Waals surface area contributed by atoms with Gasteiger partial charge in [0.2, 0.25) is 5.91 Å². The van der Waals surface area contributed by atoms with E-state index in [1.807, 2.05) is 36.4 Å². The Balaban J connectivity index is 1.71. The zero-order valence-electron chi connectivity index (χ0n) is 15.9. The number of nitrogens with zero attached hydrogens (tertiary/aromatic N) is 1. The summed E-state index contributed by atoms with van der Waals surface area (Å²) in [7, 11) is 0. The molecule has 0 unspecified atom stereocenters. The van der Waals surface area contributed by atoms with Gasteiger partial charge in [-0.15, -0.1) is 11.3 Å². The number of hydrogen-bond donors (Lipinski definition) is 1. The fourth-order valence-corrected chi connectivity index (χ4v) is 3.63. The Morgan fingerprint density at radius 2 is 1.70 bits per heavy atom. The summed E-state index contributed by atoms with van der Waals surface area (Å²) in [4.78, 5) is 38.0. The molecule has 154 valence electrons. The second-order valence-electron chi connectivity index (χ2n) is 6.34. The number of benzene rings is 2. The van der Waals surface area contributed by atoms with Crippen LogP contribution in [-0.2, 0) is 14.3 Å². The number of rotatable bonds is 8. The minimum atomic E-state index is -0.619. The maximum absolute atomic E-state index is 13.2. The van der Waals surface area contributed by atoms with Crippen molar-refractivity contribution >= 4 is 34.8 Å². The predicted molar refractivity (Wildman–Crippen MR) is 113 cm³/mol. The van der Waals surface area contributed by atoms with Crippen LogP contribution in [0.1, 0.15) is 16.1 Å². The molecule has 2 amide bonds. The number of nitrogens with two attached hydrogens (primary N) is 1. The van der Waals surface area contributed by atoms with Crippen LogP contribution in [0.4, 0.5) is 10.1 Å². The van der Waals surface area contributed by atoms with E-state index in [0.29, 0.717) is 10.6 Å². The average Bonchev–Trinajstić information content (AvgIpc) is 3.24. The Hall–Kier alpha value is -3.52. The average molecular weight is 426 g/mol. The van der Waals surface area contributed by atoms with E-state index in [1.165, 1.54) is 40.5 Å². The number of primary amides is 1. The lowest BCUT2D eigenvalue weighted by atomic mass is 10.1. The molecule has 3 rings (SSSR count). The fraction of sp³-hybridized carbons (Fsp3) is 0.136. The zero-order chi connectivity index (χ0) is 21.5. The van der Waals surface area contributed by atoms with Gasteiger partial charge in [0.15, 0.2) is 6.61 Å². The normalized spacial score (nSPS) is 10.4. The maximum atomic E-state index is 13.2. The highest BCUT2D eigenvalue weighted by Gasteiger charge is 2.21. The maximum Gasteiger partial charge on any atom is 0.349 e. The van der Waals surface area contributed by atoms with Gasteiger partial charge in [0.1, 0.15) is 10.7 Å². The van der Waals surface area contributed by atoms with Crippen LogP contribution in [-0.4, -0.2) is 30.9 Å². The molecule has 0 spiro atoms. The van der Waals surface area contributed by atoms with Crippen LogP contribution in [0, 0.1) is 5.82 Å². The van der Waals surface area contributed by atoms with Crippen LogP contribution in [0.3, 0.4) is 0 Å². The quantitative estimate of drug-likeness (QED) is 0.557. The number of carbonyl (C=O) groups is 3. The molecule has 0 aliphatic rings. The zero-order valence-corrected chi connectivity index (χ0v) is 16.7. The van der Waals surface area contributed by atoms with Crippen molar-refractivity contribution in [2.45, 2.75) is 6.42 Å². The summed E-state index contributed by atoms with van der Waals surface area (Å²) < 4.78 is 18.4. The van der Waals surface area contributed by atoms with Crippen molar-refractivity contribution in [1.82, 2.24) is 0 Å². The van der Waals surface area contributed by atoms with E-state index in [0.717, 1.165) is 11.1 Å². The Bertz CT molecular complexity index is 1030. The number of anilines is 1. The van der Waals surface area contributed by atoms with Gasteiger partial charge in [-0.05, 0) is 41.3 Å². The van der Waals surface area contributed by atoms with Crippen LogP contribution >= 0.6 is 11.3 Å². The Morgan fingerprint density at radius 3 is 2.37 bits per heavy atom. The number of hydrogen-bond acceptors (Lipinski definition) is 5. The summed E-state index contributed by atoms with van der Waals surface area (Å²) in [5.41, 5.74) is 7.15. The topological polar surface area (TPSA) is 89.7 Å². The number of ether oxygens (including phenoxy) is 1. The van der Waals surface area contributed by atoms with Crippen molar-refractivity contribution in [2.24, 2.45) is 5.73 Å². The van der Waals surface area contributed by atoms with Gasteiger partial charge in [-0.25, -0.2) is 9.18 Å². The van der Waals surface area contributed by atoms with E-state index in [-0.39, 0.29) is 13.0 Å². The monoisotopic (exact) mass is 426 g/mol. The van der Waals surface area contributed by atoms with Crippen molar-refractivity contribution in [2.75, 3.05) is 18.1 Å². The Kier molecular flexibility index (Phi) is 6.92. The summed E-state index contributed by atoms with van der Waals surface area (Å²) in [5.74, 6) is -2.21. The third-order valence-electron chi connectivity index (χ3n) is 4.28. The van der Waals surface area contributed by atoms with E-state index in [4.69, 9.17) is 10.5 Å². The number of esters is 1. The molecular formula is C22H19FN2O4S. The molecule has 0 fully saturated rings. The van der Waals surface area contributed by atoms with Gasteiger partial charge in [0, 0.05) is 24.2 Å². The summed E-state index contributed by atoms with van der Waals surface area (Å²) in [6, 6.07) is 16.4. The summed E-state index contributed by atoms with van der Waals surface area (Å²) in [5, 5.41) is 1.78. The van der Waals surface area contributed by atoms with Crippen molar-refractivity contribution in [3.63, 3.8) is 0 Å². The number of halogens is 1.